The fourth-order valence-corrected chi connectivity index (χ4v) is 3.90. The van der Waals surface area contributed by atoms with Gasteiger partial charge in [0.25, 0.3) is 0 Å². The first-order valence-corrected chi connectivity index (χ1v) is 9.78. The third-order valence-corrected chi connectivity index (χ3v) is 5.54. The molecule has 7 nitrogen and oxygen atoms in total. The summed E-state index contributed by atoms with van der Waals surface area (Å²) < 4.78 is 41.0. The number of hydrogen-bond acceptors (Lipinski definition) is 4. The van der Waals surface area contributed by atoms with Crippen molar-refractivity contribution in [2.45, 2.75) is 56.0 Å². The number of ether oxygens (including phenoxy) is 1. The number of nitrogens with zero attached hydrogens (tertiary/aromatic N) is 1. The molecule has 10 heteroatoms. The first-order chi connectivity index (χ1) is 14.6. The normalized spacial score (nSPS) is 20.5. The Bertz CT molecular complexity index is 904. The van der Waals surface area contributed by atoms with E-state index >= 15 is 0 Å². The highest BCUT2D eigenvalue weighted by atomic mass is 19.4. The first-order valence-electron chi connectivity index (χ1n) is 9.78. The Balaban J connectivity index is 1.71. The highest BCUT2D eigenvalue weighted by Crippen LogP contribution is 2.50. The maximum absolute atomic E-state index is 13.3. The topological polar surface area (TPSA) is 102 Å². The minimum atomic E-state index is -4.80. The molecule has 1 aromatic rings. The zero-order valence-corrected chi connectivity index (χ0v) is 16.6. The summed E-state index contributed by atoms with van der Waals surface area (Å²) in [6.07, 6.45) is 2.46. The number of carbonyl (C=O) groups excluding carboxylic acids is 3. The van der Waals surface area contributed by atoms with Gasteiger partial charge in [-0.1, -0.05) is 18.1 Å². The Morgan fingerprint density at radius 3 is 2.45 bits per heavy atom. The molecule has 0 bridgehead atoms. The number of carbonyl (C=O) groups is 3. The fourth-order valence-electron chi connectivity index (χ4n) is 3.90. The Kier molecular flexibility index (Phi) is 6.15. The van der Waals surface area contributed by atoms with Crippen LogP contribution in [-0.2, 0) is 19.8 Å². The molecule has 3 amide bonds. The zero-order valence-electron chi connectivity index (χ0n) is 16.6. The number of nitrogens with one attached hydrogen (secondary N) is 1. The number of alkyl halides is 3. The van der Waals surface area contributed by atoms with Crippen LogP contribution in [0.2, 0.25) is 0 Å². The average Bonchev–Trinajstić information content (AvgIpc) is 3.34. The molecule has 1 saturated carbocycles. The molecule has 1 aromatic carbocycles. The predicted octanol–water partition coefficient (Wildman–Crippen LogP) is 1.60. The molecular weight excluding hydrogens is 415 g/mol. The molecule has 2 atom stereocenters. The van der Waals surface area contributed by atoms with E-state index in [1.807, 2.05) is 0 Å². The van der Waals surface area contributed by atoms with Crippen LogP contribution in [0, 0.1) is 12.3 Å². The lowest BCUT2D eigenvalue weighted by Crippen LogP contribution is -2.51. The smallest absolute Gasteiger partial charge is 0.406 e. The molecule has 0 spiro atoms. The van der Waals surface area contributed by atoms with Gasteiger partial charge in [0.05, 0.1) is 17.9 Å². The number of likely N-dealkylation sites (tertiary alicyclic amines) is 1. The van der Waals surface area contributed by atoms with Crippen molar-refractivity contribution in [1.29, 1.82) is 0 Å². The third kappa shape index (κ3) is 5.10. The minimum absolute atomic E-state index is 0.209. The van der Waals surface area contributed by atoms with Crippen molar-refractivity contribution in [2.24, 2.45) is 5.73 Å². The van der Waals surface area contributed by atoms with Crippen molar-refractivity contribution in [2.75, 3.05) is 6.54 Å². The second kappa shape index (κ2) is 8.49. The number of primary amides is 1. The van der Waals surface area contributed by atoms with Gasteiger partial charge in [0.15, 0.2) is 0 Å². The first kappa shape index (κ1) is 22.5. The van der Waals surface area contributed by atoms with E-state index in [0.717, 1.165) is 0 Å². The van der Waals surface area contributed by atoms with Gasteiger partial charge in [-0.25, -0.2) is 0 Å². The second-order valence-corrected chi connectivity index (χ2v) is 7.71. The highest BCUT2D eigenvalue weighted by molar-refractivity contribution is 5.96. The fraction of sp³-hybridized carbons (Fsp3) is 0.476. The van der Waals surface area contributed by atoms with E-state index in [-0.39, 0.29) is 18.1 Å². The molecule has 1 aliphatic heterocycles. The summed E-state index contributed by atoms with van der Waals surface area (Å²) in [6.45, 7) is 0.379. The van der Waals surface area contributed by atoms with Crippen LogP contribution in [0.4, 0.5) is 13.2 Å². The van der Waals surface area contributed by atoms with E-state index in [2.05, 4.69) is 16.0 Å². The largest absolute Gasteiger partial charge is 0.573 e. The molecule has 3 N–H and O–H groups in total. The van der Waals surface area contributed by atoms with Gasteiger partial charge in [0.1, 0.15) is 11.8 Å². The molecule has 166 valence electrons. The van der Waals surface area contributed by atoms with Crippen molar-refractivity contribution in [3.63, 3.8) is 0 Å². The van der Waals surface area contributed by atoms with Gasteiger partial charge in [-0.3, -0.25) is 14.4 Å². The number of halogens is 3. The van der Waals surface area contributed by atoms with Gasteiger partial charge in [-0.05, 0) is 43.4 Å². The van der Waals surface area contributed by atoms with Gasteiger partial charge >= 0.3 is 6.36 Å². The number of terminal acetylenes is 1. The summed E-state index contributed by atoms with van der Waals surface area (Å²) in [5.74, 6) is 0.564. The van der Waals surface area contributed by atoms with Crippen LogP contribution in [0.5, 0.6) is 5.75 Å². The van der Waals surface area contributed by atoms with Crippen molar-refractivity contribution >= 4 is 17.7 Å². The quantitative estimate of drug-likeness (QED) is 0.633. The van der Waals surface area contributed by atoms with Crippen LogP contribution in [-0.4, -0.2) is 47.6 Å². The Hall–Kier alpha value is -3.22. The lowest BCUT2D eigenvalue weighted by atomic mass is 9.93. The van der Waals surface area contributed by atoms with Gasteiger partial charge in [0.2, 0.25) is 17.7 Å². The van der Waals surface area contributed by atoms with E-state index in [0.29, 0.717) is 37.8 Å². The highest BCUT2D eigenvalue weighted by Gasteiger charge is 2.55. The standard InChI is InChI=1S/C21H22F3N3O4/c1-2-14(12-17(25)28)26-18(29)16-4-3-11-27(16)19(30)20(9-10-20)13-5-7-15(8-6-13)31-21(22,23)24/h1,5-8,14,16H,3-4,9-12H2,(H2,25,28)(H,26,29)/t14-,16+/m1/s1. The molecule has 2 aliphatic rings. The molecular formula is C21H22F3N3O4. The molecule has 1 heterocycles. The number of nitrogens with two attached hydrogens (primary N) is 1. The van der Waals surface area contributed by atoms with E-state index in [1.54, 1.807) is 0 Å². The second-order valence-electron chi connectivity index (χ2n) is 7.71. The van der Waals surface area contributed by atoms with E-state index < -0.39 is 35.7 Å². The van der Waals surface area contributed by atoms with Crippen LogP contribution in [0.25, 0.3) is 0 Å². The summed E-state index contributed by atoms with van der Waals surface area (Å²) in [5, 5.41) is 2.57. The molecule has 2 fully saturated rings. The summed E-state index contributed by atoms with van der Waals surface area (Å²) in [5.41, 5.74) is 4.84. The number of benzene rings is 1. The monoisotopic (exact) mass is 437 g/mol. The van der Waals surface area contributed by atoms with Crippen LogP contribution in [0.1, 0.15) is 37.7 Å². The maximum atomic E-state index is 13.3. The molecule has 0 radical (unpaired) electrons. The molecule has 1 saturated heterocycles. The van der Waals surface area contributed by atoms with Crippen LogP contribution in [0.15, 0.2) is 24.3 Å². The predicted molar refractivity (Wildman–Crippen MR) is 103 cm³/mol. The minimum Gasteiger partial charge on any atom is -0.406 e. The van der Waals surface area contributed by atoms with Crippen molar-refractivity contribution < 1.29 is 32.3 Å². The van der Waals surface area contributed by atoms with E-state index in [4.69, 9.17) is 12.2 Å². The summed E-state index contributed by atoms with van der Waals surface area (Å²) in [6, 6.07) is 3.63. The lowest BCUT2D eigenvalue weighted by Gasteiger charge is -2.29. The Morgan fingerprint density at radius 2 is 1.94 bits per heavy atom. The molecule has 0 aromatic heterocycles. The van der Waals surface area contributed by atoms with Gasteiger partial charge in [-0.15, -0.1) is 19.6 Å². The summed E-state index contributed by atoms with van der Waals surface area (Å²) in [7, 11) is 0. The Morgan fingerprint density at radius 1 is 1.29 bits per heavy atom. The van der Waals surface area contributed by atoms with Crippen LogP contribution >= 0.6 is 0 Å². The number of rotatable bonds is 7. The summed E-state index contributed by atoms with van der Waals surface area (Å²) >= 11 is 0. The zero-order chi connectivity index (χ0) is 22.8. The van der Waals surface area contributed by atoms with Gasteiger partial charge < -0.3 is 20.7 Å². The van der Waals surface area contributed by atoms with E-state index in [1.165, 1.54) is 29.2 Å². The number of amides is 3. The van der Waals surface area contributed by atoms with Crippen LogP contribution in [0.3, 0.4) is 0 Å². The summed E-state index contributed by atoms with van der Waals surface area (Å²) in [4.78, 5) is 38.6. The van der Waals surface area contributed by atoms with Crippen LogP contribution < -0.4 is 15.8 Å². The number of hydrogen-bond donors (Lipinski definition) is 2. The van der Waals surface area contributed by atoms with Crippen molar-refractivity contribution in [3.8, 4) is 18.1 Å². The Labute approximate surface area is 177 Å². The van der Waals surface area contributed by atoms with Crippen molar-refractivity contribution in [1.82, 2.24) is 10.2 Å². The maximum Gasteiger partial charge on any atom is 0.573 e. The van der Waals surface area contributed by atoms with Gasteiger partial charge in [-0.2, -0.15) is 0 Å². The average molecular weight is 437 g/mol. The van der Waals surface area contributed by atoms with Gasteiger partial charge in [0, 0.05) is 6.54 Å². The lowest BCUT2D eigenvalue weighted by molar-refractivity contribution is -0.274. The van der Waals surface area contributed by atoms with E-state index in [9.17, 15) is 27.6 Å². The van der Waals surface area contributed by atoms with Crippen molar-refractivity contribution in [3.05, 3.63) is 29.8 Å². The molecule has 1 aliphatic carbocycles. The molecule has 3 rings (SSSR count). The molecule has 0 unspecified atom stereocenters. The third-order valence-electron chi connectivity index (χ3n) is 5.54. The molecule has 31 heavy (non-hydrogen) atoms. The SMILES string of the molecule is C#C[C@H](CC(N)=O)NC(=O)[C@@H]1CCCN1C(=O)C1(c2ccc(OC(F)(F)F)cc2)CC1.